The van der Waals surface area contributed by atoms with E-state index < -0.39 is 0 Å². The summed E-state index contributed by atoms with van der Waals surface area (Å²) in [6.07, 6.45) is 0. The maximum atomic E-state index is 2.36. The van der Waals surface area contributed by atoms with E-state index >= 15 is 0 Å². The van der Waals surface area contributed by atoms with E-state index in [-0.39, 0.29) is 0 Å². The monoisotopic (exact) mass is 582 g/mol. The van der Waals surface area contributed by atoms with E-state index in [9.17, 15) is 0 Å². The van der Waals surface area contributed by atoms with E-state index in [4.69, 9.17) is 0 Å². The van der Waals surface area contributed by atoms with Crippen LogP contribution in [0, 0.1) is 0 Å². The van der Waals surface area contributed by atoms with Gasteiger partial charge < -0.3 is 0 Å². The van der Waals surface area contributed by atoms with Crippen LogP contribution in [0.2, 0.25) is 0 Å². The zero-order chi connectivity index (χ0) is 30.5. The minimum Gasteiger partial charge on any atom is -0.0622 e. The van der Waals surface area contributed by atoms with E-state index in [1.54, 1.807) is 0 Å². The quantitative estimate of drug-likeness (QED) is 0.181. The van der Waals surface area contributed by atoms with Crippen molar-refractivity contribution in [2.45, 2.75) is 0 Å². The Morgan fingerprint density at radius 2 is 0.565 bits per heavy atom. The molecule has 9 rings (SSSR count). The number of benzene rings is 9. The number of rotatable bonds is 4. The summed E-state index contributed by atoms with van der Waals surface area (Å²) in [5.74, 6) is 0. The molecule has 46 heavy (non-hydrogen) atoms. The van der Waals surface area contributed by atoms with Crippen LogP contribution in [-0.2, 0) is 0 Å². The molecule has 0 spiro atoms. The Morgan fingerprint density at radius 1 is 0.196 bits per heavy atom. The Bertz CT molecular complexity index is 2520. The molecule has 0 saturated heterocycles. The summed E-state index contributed by atoms with van der Waals surface area (Å²) in [6, 6.07) is 66.6. The smallest absolute Gasteiger partial charge is 0.00262 e. The standard InChI is InChI=1S/C46H30/c1-2-11-31(12-3-1)35-23-24-38-30-40(26-25-37(38)28-35)46-43-19-8-6-17-41(43)45(42-18-7-9-20-44(42)46)39-16-10-15-34(29-39)36-22-21-32-13-4-5-14-33(32)27-36/h1-30H. The first kappa shape index (κ1) is 26.4. The molecule has 0 aliphatic heterocycles. The van der Waals surface area contributed by atoms with Gasteiger partial charge in [-0.2, -0.15) is 0 Å². The van der Waals surface area contributed by atoms with Gasteiger partial charge in [0.2, 0.25) is 0 Å². The Morgan fingerprint density at radius 3 is 1.20 bits per heavy atom. The van der Waals surface area contributed by atoms with Crippen LogP contribution >= 0.6 is 0 Å². The topological polar surface area (TPSA) is 0 Å². The first-order valence-electron chi connectivity index (χ1n) is 15.9. The van der Waals surface area contributed by atoms with Gasteiger partial charge in [-0.3, -0.25) is 0 Å². The van der Waals surface area contributed by atoms with Gasteiger partial charge in [0, 0.05) is 0 Å². The minimum atomic E-state index is 1.23. The van der Waals surface area contributed by atoms with Crippen molar-refractivity contribution in [2.75, 3.05) is 0 Å². The maximum Gasteiger partial charge on any atom is -0.00262 e. The number of fused-ring (bicyclic) bond motifs is 4. The van der Waals surface area contributed by atoms with Crippen molar-refractivity contribution in [3.8, 4) is 44.5 Å². The van der Waals surface area contributed by atoms with Crippen molar-refractivity contribution in [1.82, 2.24) is 0 Å². The van der Waals surface area contributed by atoms with Crippen molar-refractivity contribution in [3.63, 3.8) is 0 Å². The van der Waals surface area contributed by atoms with Gasteiger partial charge in [0.25, 0.3) is 0 Å². The number of hydrogen-bond donors (Lipinski definition) is 0. The molecular weight excluding hydrogens is 553 g/mol. The Kier molecular flexibility index (Phi) is 6.25. The molecule has 0 nitrogen and oxygen atoms in total. The van der Waals surface area contributed by atoms with Crippen molar-refractivity contribution in [1.29, 1.82) is 0 Å². The summed E-state index contributed by atoms with van der Waals surface area (Å²) in [5, 5.41) is 10.1. The molecular formula is C46H30. The normalized spacial score (nSPS) is 11.5. The molecule has 0 unspecified atom stereocenters. The molecule has 0 heteroatoms. The van der Waals surface area contributed by atoms with Gasteiger partial charge in [0.1, 0.15) is 0 Å². The third-order valence-corrected chi connectivity index (χ3v) is 9.40. The lowest BCUT2D eigenvalue weighted by atomic mass is 9.85. The molecule has 0 N–H and O–H groups in total. The number of hydrogen-bond acceptors (Lipinski definition) is 0. The summed E-state index contributed by atoms with van der Waals surface area (Å²) in [6.45, 7) is 0. The molecule has 0 saturated carbocycles. The zero-order valence-corrected chi connectivity index (χ0v) is 25.3. The first-order valence-corrected chi connectivity index (χ1v) is 15.9. The molecule has 214 valence electrons. The highest BCUT2D eigenvalue weighted by Gasteiger charge is 2.17. The minimum absolute atomic E-state index is 1.23. The second-order valence-electron chi connectivity index (χ2n) is 12.1. The molecule has 0 fully saturated rings. The third kappa shape index (κ3) is 4.47. The zero-order valence-electron chi connectivity index (χ0n) is 25.3. The lowest BCUT2D eigenvalue weighted by Crippen LogP contribution is -1.91. The fourth-order valence-electron chi connectivity index (χ4n) is 7.18. The highest BCUT2D eigenvalue weighted by molar-refractivity contribution is 6.21. The van der Waals surface area contributed by atoms with Crippen LogP contribution in [-0.4, -0.2) is 0 Å². The predicted octanol–water partition coefficient (Wildman–Crippen LogP) is 13.0. The van der Waals surface area contributed by atoms with Crippen LogP contribution in [0.1, 0.15) is 0 Å². The summed E-state index contributed by atoms with van der Waals surface area (Å²) in [4.78, 5) is 0. The lowest BCUT2D eigenvalue weighted by Gasteiger charge is -2.18. The van der Waals surface area contributed by atoms with Gasteiger partial charge in [-0.05, 0) is 112 Å². The summed E-state index contributed by atoms with van der Waals surface area (Å²) in [7, 11) is 0. The van der Waals surface area contributed by atoms with Crippen LogP contribution in [0.15, 0.2) is 182 Å². The third-order valence-electron chi connectivity index (χ3n) is 9.40. The van der Waals surface area contributed by atoms with Crippen LogP contribution in [0.5, 0.6) is 0 Å². The fraction of sp³-hybridized carbons (Fsp3) is 0. The summed E-state index contributed by atoms with van der Waals surface area (Å²) < 4.78 is 0. The highest BCUT2D eigenvalue weighted by atomic mass is 14.2. The van der Waals surface area contributed by atoms with Crippen molar-refractivity contribution in [2.24, 2.45) is 0 Å². The van der Waals surface area contributed by atoms with E-state index in [2.05, 4.69) is 182 Å². The second-order valence-corrected chi connectivity index (χ2v) is 12.1. The predicted molar refractivity (Wildman–Crippen MR) is 198 cm³/mol. The van der Waals surface area contributed by atoms with Gasteiger partial charge in [0.05, 0.1) is 0 Å². The van der Waals surface area contributed by atoms with Crippen molar-refractivity contribution in [3.05, 3.63) is 182 Å². The first-order chi connectivity index (χ1) is 22.8. The van der Waals surface area contributed by atoms with Gasteiger partial charge in [-0.15, -0.1) is 0 Å². The fourth-order valence-corrected chi connectivity index (χ4v) is 7.18. The average molecular weight is 583 g/mol. The molecule has 0 bridgehead atoms. The molecule has 0 aromatic heterocycles. The SMILES string of the molecule is c1ccc(-c2ccc3cc(-c4c5ccccc5c(-c5cccc(-c6ccc7ccccc7c6)c5)c5ccccc45)ccc3c2)cc1. The van der Waals surface area contributed by atoms with Crippen LogP contribution in [0.4, 0.5) is 0 Å². The van der Waals surface area contributed by atoms with E-state index in [0.717, 1.165) is 0 Å². The van der Waals surface area contributed by atoms with E-state index in [0.29, 0.717) is 0 Å². The molecule has 9 aromatic carbocycles. The summed E-state index contributed by atoms with van der Waals surface area (Å²) in [5.41, 5.74) is 9.99. The molecule has 0 amide bonds. The van der Waals surface area contributed by atoms with Crippen LogP contribution in [0.3, 0.4) is 0 Å². The maximum absolute atomic E-state index is 2.36. The van der Waals surface area contributed by atoms with E-state index in [1.165, 1.54) is 87.6 Å². The molecule has 9 aromatic rings. The van der Waals surface area contributed by atoms with Crippen LogP contribution < -0.4 is 0 Å². The van der Waals surface area contributed by atoms with E-state index in [1.807, 2.05) is 0 Å². The van der Waals surface area contributed by atoms with Gasteiger partial charge >= 0.3 is 0 Å². The summed E-state index contributed by atoms with van der Waals surface area (Å²) >= 11 is 0. The van der Waals surface area contributed by atoms with Crippen molar-refractivity contribution < 1.29 is 0 Å². The molecule has 0 aliphatic carbocycles. The van der Waals surface area contributed by atoms with Gasteiger partial charge in [-0.1, -0.05) is 158 Å². The molecule has 0 atom stereocenters. The van der Waals surface area contributed by atoms with Gasteiger partial charge in [0.15, 0.2) is 0 Å². The Balaban J connectivity index is 1.23. The Labute approximate surface area is 268 Å². The average Bonchev–Trinajstić information content (AvgIpc) is 3.13. The van der Waals surface area contributed by atoms with Crippen molar-refractivity contribution >= 4 is 43.1 Å². The largest absolute Gasteiger partial charge is 0.0622 e. The Hall–Kier alpha value is -5.98. The second kappa shape index (κ2) is 10.9. The lowest BCUT2D eigenvalue weighted by molar-refractivity contribution is 1.62. The molecule has 0 heterocycles. The molecule has 0 radical (unpaired) electrons. The highest BCUT2D eigenvalue weighted by Crippen LogP contribution is 2.44. The van der Waals surface area contributed by atoms with Crippen LogP contribution in [0.25, 0.3) is 87.6 Å². The van der Waals surface area contributed by atoms with Gasteiger partial charge in [-0.25, -0.2) is 0 Å². The molecule has 0 aliphatic rings.